The largest absolute Gasteiger partial charge is 0.492 e. The molecule has 1 nitrogen and oxygen atoms in total. The van der Waals surface area contributed by atoms with Crippen molar-refractivity contribution in [2.45, 2.75) is 13.3 Å². The van der Waals surface area contributed by atoms with E-state index in [0.717, 1.165) is 23.3 Å². The summed E-state index contributed by atoms with van der Waals surface area (Å²) in [6, 6.07) is 5.65. The third kappa shape index (κ3) is 2.26. The Balaban J connectivity index is 2.93. The van der Waals surface area contributed by atoms with Gasteiger partial charge in [-0.05, 0) is 25.0 Å². The highest BCUT2D eigenvalue weighted by Gasteiger charge is 2.02. The third-order valence-electron chi connectivity index (χ3n) is 1.72. The molecule has 1 heteroatoms. The molecule has 1 radical (unpaired) electrons. The van der Waals surface area contributed by atoms with Crippen molar-refractivity contribution in [1.29, 1.82) is 0 Å². The first-order valence-electron chi connectivity index (χ1n) is 4.34. The molecule has 13 heavy (non-hydrogen) atoms. The molecule has 0 aliphatic heterocycles. The van der Waals surface area contributed by atoms with Crippen molar-refractivity contribution in [3.63, 3.8) is 0 Å². The molecule has 0 fully saturated rings. The SMILES string of the molecule is C#Cc1c([CH2])cccc1OCCC. The monoisotopic (exact) mass is 173 g/mol. The predicted octanol–water partition coefficient (Wildman–Crippen LogP) is 2.64. The minimum Gasteiger partial charge on any atom is -0.492 e. The van der Waals surface area contributed by atoms with Crippen molar-refractivity contribution in [3.8, 4) is 18.1 Å². The second-order valence-electron chi connectivity index (χ2n) is 2.78. The molecule has 0 aromatic heterocycles. The van der Waals surface area contributed by atoms with Gasteiger partial charge in [0.15, 0.2) is 0 Å². The summed E-state index contributed by atoms with van der Waals surface area (Å²) in [7, 11) is 0. The highest BCUT2D eigenvalue weighted by molar-refractivity contribution is 5.51. The van der Waals surface area contributed by atoms with Gasteiger partial charge in [-0.3, -0.25) is 0 Å². The summed E-state index contributed by atoms with van der Waals surface area (Å²) in [4.78, 5) is 0. The smallest absolute Gasteiger partial charge is 0.135 e. The molecular formula is C12H13O. The summed E-state index contributed by atoms with van der Waals surface area (Å²) in [6.45, 7) is 6.59. The molecule has 0 atom stereocenters. The lowest BCUT2D eigenvalue weighted by Gasteiger charge is -2.08. The van der Waals surface area contributed by atoms with E-state index < -0.39 is 0 Å². The molecule has 0 saturated carbocycles. The Morgan fingerprint density at radius 2 is 2.31 bits per heavy atom. The van der Waals surface area contributed by atoms with Crippen molar-refractivity contribution in [3.05, 3.63) is 36.2 Å². The Morgan fingerprint density at radius 3 is 2.92 bits per heavy atom. The van der Waals surface area contributed by atoms with E-state index in [0.29, 0.717) is 6.61 Å². The van der Waals surface area contributed by atoms with E-state index in [1.165, 1.54) is 0 Å². The minimum absolute atomic E-state index is 0.693. The van der Waals surface area contributed by atoms with Crippen molar-refractivity contribution in [2.24, 2.45) is 0 Å². The number of hydrogen-bond donors (Lipinski definition) is 0. The molecule has 1 aromatic rings. The summed E-state index contributed by atoms with van der Waals surface area (Å²) in [6.07, 6.45) is 6.33. The zero-order valence-electron chi connectivity index (χ0n) is 7.84. The van der Waals surface area contributed by atoms with Crippen LogP contribution < -0.4 is 4.74 Å². The van der Waals surface area contributed by atoms with Gasteiger partial charge < -0.3 is 4.74 Å². The van der Waals surface area contributed by atoms with E-state index in [4.69, 9.17) is 11.2 Å². The van der Waals surface area contributed by atoms with E-state index in [2.05, 4.69) is 19.8 Å². The normalized spacial score (nSPS) is 9.31. The molecule has 0 aliphatic rings. The van der Waals surface area contributed by atoms with Gasteiger partial charge in [-0.1, -0.05) is 25.0 Å². The topological polar surface area (TPSA) is 9.23 Å². The third-order valence-corrected chi connectivity index (χ3v) is 1.72. The number of rotatable bonds is 3. The van der Waals surface area contributed by atoms with Crippen LogP contribution in [0, 0.1) is 19.3 Å². The molecule has 0 amide bonds. The molecule has 67 valence electrons. The van der Waals surface area contributed by atoms with Crippen LogP contribution in [-0.4, -0.2) is 6.61 Å². The Labute approximate surface area is 79.7 Å². The second kappa shape index (κ2) is 4.57. The van der Waals surface area contributed by atoms with Crippen LogP contribution in [0.15, 0.2) is 18.2 Å². The number of hydrogen-bond acceptors (Lipinski definition) is 1. The molecule has 0 bridgehead atoms. The van der Waals surface area contributed by atoms with Gasteiger partial charge in [-0.25, -0.2) is 0 Å². The number of ether oxygens (including phenoxy) is 1. The first kappa shape index (κ1) is 9.67. The van der Waals surface area contributed by atoms with Crippen LogP contribution in [0.2, 0.25) is 0 Å². The molecule has 0 aliphatic carbocycles. The molecule has 0 spiro atoms. The fourth-order valence-corrected chi connectivity index (χ4v) is 1.07. The standard InChI is InChI=1S/C12H13O/c1-4-9-13-12-8-6-7-10(3)11(12)5-2/h2,6-8H,3-4,9H2,1H3. The minimum atomic E-state index is 0.693. The summed E-state index contributed by atoms with van der Waals surface area (Å²) >= 11 is 0. The summed E-state index contributed by atoms with van der Waals surface area (Å²) < 4.78 is 5.48. The van der Waals surface area contributed by atoms with Crippen LogP contribution >= 0.6 is 0 Å². The number of benzene rings is 1. The van der Waals surface area contributed by atoms with Crippen molar-refractivity contribution in [2.75, 3.05) is 6.61 Å². The van der Waals surface area contributed by atoms with E-state index in [1.54, 1.807) is 0 Å². The Bertz CT molecular complexity index is 320. The predicted molar refractivity (Wildman–Crippen MR) is 54.6 cm³/mol. The van der Waals surface area contributed by atoms with Gasteiger partial charge >= 0.3 is 0 Å². The maximum absolute atomic E-state index is 5.48. The van der Waals surface area contributed by atoms with Gasteiger partial charge in [0.1, 0.15) is 5.75 Å². The summed E-state index contributed by atoms with van der Waals surface area (Å²) in [5, 5.41) is 0. The molecular weight excluding hydrogens is 160 g/mol. The Morgan fingerprint density at radius 1 is 1.54 bits per heavy atom. The maximum atomic E-state index is 5.48. The van der Waals surface area contributed by atoms with Crippen molar-refractivity contribution < 1.29 is 4.74 Å². The Kier molecular flexibility index (Phi) is 3.40. The summed E-state index contributed by atoms with van der Waals surface area (Å²) in [5.41, 5.74) is 1.60. The molecule has 0 heterocycles. The van der Waals surface area contributed by atoms with Crippen LogP contribution in [-0.2, 0) is 0 Å². The average molecular weight is 173 g/mol. The van der Waals surface area contributed by atoms with E-state index >= 15 is 0 Å². The fourth-order valence-electron chi connectivity index (χ4n) is 1.07. The lowest BCUT2D eigenvalue weighted by molar-refractivity contribution is 0.316. The van der Waals surface area contributed by atoms with Gasteiger partial charge in [0, 0.05) is 0 Å². The first-order valence-corrected chi connectivity index (χ1v) is 4.34. The molecule has 0 N–H and O–H groups in total. The van der Waals surface area contributed by atoms with Crippen LogP contribution in [0.4, 0.5) is 0 Å². The second-order valence-corrected chi connectivity index (χ2v) is 2.78. The van der Waals surface area contributed by atoms with E-state index in [9.17, 15) is 0 Å². The van der Waals surface area contributed by atoms with Gasteiger partial charge in [-0.15, -0.1) is 6.42 Å². The molecule has 0 saturated heterocycles. The quantitative estimate of drug-likeness (QED) is 0.638. The first-order chi connectivity index (χ1) is 6.29. The van der Waals surface area contributed by atoms with Crippen LogP contribution in [0.5, 0.6) is 5.75 Å². The van der Waals surface area contributed by atoms with E-state index in [1.807, 2.05) is 18.2 Å². The van der Waals surface area contributed by atoms with Crippen molar-refractivity contribution in [1.82, 2.24) is 0 Å². The van der Waals surface area contributed by atoms with Gasteiger partial charge in [-0.2, -0.15) is 0 Å². The van der Waals surface area contributed by atoms with Crippen LogP contribution in [0.25, 0.3) is 0 Å². The highest BCUT2D eigenvalue weighted by atomic mass is 16.5. The zero-order valence-corrected chi connectivity index (χ0v) is 7.84. The molecule has 1 aromatic carbocycles. The average Bonchev–Trinajstić information content (AvgIpc) is 2.15. The van der Waals surface area contributed by atoms with Gasteiger partial charge in [0.05, 0.1) is 12.2 Å². The van der Waals surface area contributed by atoms with Crippen molar-refractivity contribution >= 4 is 0 Å². The van der Waals surface area contributed by atoms with Crippen LogP contribution in [0.1, 0.15) is 24.5 Å². The molecule has 0 unspecified atom stereocenters. The van der Waals surface area contributed by atoms with E-state index in [-0.39, 0.29) is 0 Å². The lowest BCUT2D eigenvalue weighted by atomic mass is 10.1. The molecule has 1 rings (SSSR count). The maximum Gasteiger partial charge on any atom is 0.135 e. The lowest BCUT2D eigenvalue weighted by Crippen LogP contribution is -1.98. The fraction of sp³-hybridized carbons (Fsp3) is 0.250. The van der Waals surface area contributed by atoms with Gasteiger partial charge in [0.25, 0.3) is 0 Å². The van der Waals surface area contributed by atoms with Crippen LogP contribution in [0.3, 0.4) is 0 Å². The Hall–Kier alpha value is -1.42. The zero-order chi connectivity index (χ0) is 9.68. The van der Waals surface area contributed by atoms with Gasteiger partial charge in [0.2, 0.25) is 0 Å². The number of terminal acetylenes is 1. The highest BCUT2D eigenvalue weighted by Crippen LogP contribution is 2.20. The summed E-state index contributed by atoms with van der Waals surface area (Å²) in [5.74, 6) is 3.35.